The van der Waals surface area contributed by atoms with Crippen molar-refractivity contribution >= 4 is 11.5 Å². The van der Waals surface area contributed by atoms with Gasteiger partial charge in [0.05, 0.1) is 7.11 Å². The Labute approximate surface area is 210 Å². The lowest BCUT2D eigenvalue weighted by atomic mass is 9.94. The normalized spacial score (nSPS) is 17.6. The second-order valence-electron chi connectivity index (χ2n) is 9.63. The molecule has 4 heterocycles. The first kappa shape index (κ1) is 22.9. The minimum Gasteiger partial charge on any atom is -0.497 e. The maximum atomic E-state index is 5.48. The number of piperazine rings is 1. The number of ether oxygens (including phenoxy) is 1. The molecule has 6 rings (SSSR count). The van der Waals surface area contributed by atoms with Crippen LogP contribution in [0, 0.1) is 0 Å². The Morgan fingerprint density at radius 1 is 0.917 bits per heavy atom. The summed E-state index contributed by atoms with van der Waals surface area (Å²) in [4.78, 5) is 9.60. The van der Waals surface area contributed by atoms with E-state index in [-0.39, 0.29) is 0 Å². The molecule has 36 heavy (non-hydrogen) atoms. The molecule has 0 bridgehead atoms. The zero-order valence-corrected chi connectivity index (χ0v) is 20.7. The van der Waals surface area contributed by atoms with Crippen molar-refractivity contribution in [1.82, 2.24) is 34.9 Å². The molecule has 0 radical (unpaired) electrons. The molecular weight excluding hydrogens is 456 g/mol. The summed E-state index contributed by atoms with van der Waals surface area (Å²) >= 11 is 0. The van der Waals surface area contributed by atoms with Gasteiger partial charge in [-0.05, 0) is 49.2 Å². The molecule has 0 atom stereocenters. The first-order valence-electron chi connectivity index (χ1n) is 12.9. The number of nitrogens with zero attached hydrogens (tertiary/aromatic N) is 8. The maximum Gasteiger partial charge on any atom is 0.227 e. The standard InChI is InChI=1S/C26H32N8O2/c1-35-21-9-7-19(8-10-21)26-27-25(36-31-26)14-13-23-29-28-22-11-12-24(30-34(22)23)33-17-15-32(16-18-33)20-5-3-2-4-6-20/h7-12,20H,2-6,13-18H2,1H3. The van der Waals surface area contributed by atoms with Crippen LogP contribution in [0.4, 0.5) is 5.82 Å². The topological polar surface area (TPSA) is 97.7 Å². The molecule has 1 saturated heterocycles. The Kier molecular flexibility index (Phi) is 6.50. The summed E-state index contributed by atoms with van der Waals surface area (Å²) in [7, 11) is 1.64. The lowest BCUT2D eigenvalue weighted by molar-refractivity contribution is 0.147. The van der Waals surface area contributed by atoms with Gasteiger partial charge in [0.2, 0.25) is 11.7 Å². The van der Waals surface area contributed by atoms with E-state index in [9.17, 15) is 0 Å². The molecule has 0 N–H and O–H groups in total. The van der Waals surface area contributed by atoms with Crippen molar-refractivity contribution in [3.8, 4) is 17.1 Å². The van der Waals surface area contributed by atoms with E-state index in [4.69, 9.17) is 14.4 Å². The van der Waals surface area contributed by atoms with Crippen LogP contribution in [-0.2, 0) is 12.8 Å². The van der Waals surface area contributed by atoms with E-state index in [1.54, 1.807) is 7.11 Å². The molecule has 0 amide bonds. The molecule has 4 aromatic rings. The number of aryl methyl sites for hydroxylation is 2. The fourth-order valence-electron chi connectivity index (χ4n) is 5.34. The van der Waals surface area contributed by atoms with Gasteiger partial charge in [-0.25, -0.2) is 0 Å². The zero-order valence-electron chi connectivity index (χ0n) is 20.7. The molecular formula is C26H32N8O2. The van der Waals surface area contributed by atoms with Gasteiger partial charge in [0.15, 0.2) is 11.5 Å². The number of hydrogen-bond acceptors (Lipinski definition) is 9. The summed E-state index contributed by atoms with van der Waals surface area (Å²) in [6.45, 7) is 4.21. The second kappa shape index (κ2) is 10.2. The Bertz CT molecular complexity index is 1290. The van der Waals surface area contributed by atoms with Crippen LogP contribution in [0.5, 0.6) is 5.75 Å². The van der Waals surface area contributed by atoms with Gasteiger partial charge >= 0.3 is 0 Å². The van der Waals surface area contributed by atoms with Crippen LogP contribution in [0.1, 0.15) is 43.8 Å². The molecule has 2 aliphatic rings. The monoisotopic (exact) mass is 488 g/mol. The van der Waals surface area contributed by atoms with E-state index < -0.39 is 0 Å². The average Bonchev–Trinajstić information content (AvgIpc) is 3.59. The van der Waals surface area contributed by atoms with E-state index in [1.807, 2.05) is 34.8 Å². The first-order valence-corrected chi connectivity index (χ1v) is 12.9. The molecule has 0 spiro atoms. The molecule has 10 nitrogen and oxygen atoms in total. The van der Waals surface area contributed by atoms with E-state index >= 15 is 0 Å². The van der Waals surface area contributed by atoms with Gasteiger partial charge in [-0.3, -0.25) is 4.90 Å². The number of hydrogen-bond donors (Lipinski definition) is 0. The molecule has 188 valence electrons. The predicted molar refractivity (Wildman–Crippen MR) is 135 cm³/mol. The number of aromatic nitrogens is 6. The van der Waals surface area contributed by atoms with E-state index in [2.05, 4.69) is 36.2 Å². The quantitative estimate of drug-likeness (QED) is 0.387. The summed E-state index contributed by atoms with van der Waals surface area (Å²) in [5.74, 6) is 3.68. The molecule has 1 aromatic carbocycles. The van der Waals surface area contributed by atoms with Crippen molar-refractivity contribution in [3.05, 3.63) is 48.1 Å². The Morgan fingerprint density at radius 3 is 2.50 bits per heavy atom. The molecule has 10 heteroatoms. The number of benzene rings is 1. The number of fused-ring (bicyclic) bond motifs is 1. The van der Waals surface area contributed by atoms with Crippen molar-refractivity contribution in [2.24, 2.45) is 0 Å². The smallest absolute Gasteiger partial charge is 0.227 e. The van der Waals surface area contributed by atoms with Crippen LogP contribution >= 0.6 is 0 Å². The second-order valence-corrected chi connectivity index (χ2v) is 9.63. The van der Waals surface area contributed by atoms with Crippen molar-refractivity contribution < 1.29 is 9.26 Å². The lowest BCUT2D eigenvalue weighted by Crippen LogP contribution is -2.51. The molecule has 2 fully saturated rings. The minimum absolute atomic E-state index is 0.562. The number of rotatable bonds is 7. The minimum atomic E-state index is 0.562. The third-order valence-corrected chi connectivity index (χ3v) is 7.42. The van der Waals surface area contributed by atoms with Crippen LogP contribution in [0.25, 0.3) is 17.0 Å². The summed E-state index contributed by atoms with van der Waals surface area (Å²) in [6, 6.07) is 12.4. The van der Waals surface area contributed by atoms with Crippen molar-refractivity contribution in [1.29, 1.82) is 0 Å². The first-order chi connectivity index (χ1) is 17.8. The third-order valence-electron chi connectivity index (χ3n) is 7.42. The van der Waals surface area contributed by atoms with Crippen molar-refractivity contribution in [3.63, 3.8) is 0 Å². The molecule has 3 aromatic heterocycles. The molecule has 1 aliphatic heterocycles. The van der Waals surface area contributed by atoms with Gasteiger partial charge in [-0.2, -0.15) is 9.50 Å². The van der Waals surface area contributed by atoms with Gasteiger partial charge in [0, 0.05) is 50.6 Å². The highest BCUT2D eigenvalue weighted by Gasteiger charge is 2.26. The lowest BCUT2D eigenvalue weighted by Gasteiger charge is -2.41. The number of methoxy groups -OCH3 is 1. The van der Waals surface area contributed by atoms with Gasteiger partial charge in [0.1, 0.15) is 11.6 Å². The SMILES string of the molecule is COc1ccc(-c2noc(CCc3nnc4ccc(N5CCN(C6CCCCC6)CC5)nn34)n2)cc1. The van der Waals surface area contributed by atoms with Crippen LogP contribution < -0.4 is 9.64 Å². The van der Waals surface area contributed by atoms with Gasteiger partial charge in [-0.1, -0.05) is 24.4 Å². The number of anilines is 1. The molecule has 1 aliphatic carbocycles. The highest BCUT2D eigenvalue weighted by molar-refractivity contribution is 5.55. The maximum absolute atomic E-state index is 5.48. The molecule has 1 saturated carbocycles. The van der Waals surface area contributed by atoms with E-state index in [1.165, 1.54) is 32.1 Å². The fourth-order valence-corrected chi connectivity index (χ4v) is 5.34. The Balaban J connectivity index is 1.10. The van der Waals surface area contributed by atoms with Crippen LogP contribution in [0.3, 0.4) is 0 Å². The Hall–Kier alpha value is -3.53. The van der Waals surface area contributed by atoms with E-state index in [0.717, 1.165) is 60.8 Å². The zero-order chi connectivity index (χ0) is 24.3. The van der Waals surface area contributed by atoms with Crippen molar-refractivity contribution in [2.75, 3.05) is 38.2 Å². The highest BCUT2D eigenvalue weighted by atomic mass is 16.5. The van der Waals surface area contributed by atoms with E-state index in [0.29, 0.717) is 24.6 Å². The largest absolute Gasteiger partial charge is 0.497 e. The van der Waals surface area contributed by atoms with Gasteiger partial charge in [0.25, 0.3) is 0 Å². The van der Waals surface area contributed by atoms with Crippen LogP contribution in [0.15, 0.2) is 40.9 Å². The fraction of sp³-hybridized carbons (Fsp3) is 0.500. The van der Waals surface area contributed by atoms with Crippen molar-refractivity contribution in [2.45, 2.75) is 51.0 Å². The van der Waals surface area contributed by atoms with Gasteiger partial charge in [-0.15, -0.1) is 15.3 Å². The van der Waals surface area contributed by atoms with Crippen LogP contribution in [-0.4, -0.2) is 74.2 Å². The Morgan fingerprint density at radius 2 is 1.72 bits per heavy atom. The third kappa shape index (κ3) is 4.77. The van der Waals surface area contributed by atoms with Crippen LogP contribution in [0.2, 0.25) is 0 Å². The predicted octanol–water partition coefficient (Wildman–Crippen LogP) is 3.42. The summed E-state index contributed by atoms with van der Waals surface area (Å²) < 4.78 is 12.5. The highest BCUT2D eigenvalue weighted by Crippen LogP contribution is 2.25. The molecule has 0 unspecified atom stereocenters. The summed E-state index contributed by atoms with van der Waals surface area (Å²) in [5, 5.41) is 17.7. The average molecular weight is 489 g/mol. The summed E-state index contributed by atoms with van der Waals surface area (Å²) in [5.41, 5.74) is 1.63. The van der Waals surface area contributed by atoms with Gasteiger partial charge < -0.3 is 14.2 Å². The summed E-state index contributed by atoms with van der Waals surface area (Å²) in [6.07, 6.45) is 8.05.